The summed E-state index contributed by atoms with van der Waals surface area (Å²) in [4.78, 5) is 23.2. The average molecular weight is 278 g/mol. The molecule has 20 heavy (non-hydrogen) atoms. The SMILES string of the molecule is CCC(C)(NCCn1nc2ccccn2c1=O)C(=O)O. The van der Waals surface area contributed by atoms with E-state index in [4.69, 9.17) is 5.11 Å². The van der Waals surface area contributed by atoms with Crippen LogP contribution in [0.5, 0.6) is 0 Å². The lowest BCUT2D eigenvalue weighted by molar-refractivity contribution is -0.144. The van der Waals surface area contributed by atoms with Crippen LogP contribution in [0, 0.1) is 0 Å². The van der Waals surface area contributed by atoms with Crippen LogP contribution >= 0.6 is 0 Å². The van der Waals surface area contributed by atoms with Crippen LogP contribution < -0.4 is 11.0 Å². The highest BCUT2D eigenvalue weighted by Gasteiger charge is 2.29. The van der Waals surface area contributed by atoms with Gasteiger partial charge in [-0.3, -0.25) is 9.20 Å². The maximum absolute atomic E-state index is 12.0. The van der Waals surface area contributed by atoms with E-state index in [9.17, 15) is 9.59 Å². The molecule has 0 aliphatic heterocycles. The van der Waals surface area contributed by atoms with Crippen LogP contribution in [0.4, 0.5) is 0 Å². The van der Waals surface area contributed by atoms with E-state index >= 15 is 0 Å². The Morgan fingerprint density at radius 3 is 2.85 bits per heavy atom. The van der Waals surface area contributed by atoms with E-state index in [1.807, 2.05) is 6.07 Å². The molecule has 0 amide bonds. The van der Waals surface area contributed by atoms with Crippen LogP contribution in [-0.4, -0.2) is 37.3 Å². The van der Waals surface area contributed by atoms with E-state index in [2.05, 4.69) is 10.4 Å². The fraction of sp³-hybridized carbons (Fsp3) is 0.462. The maximum atomic E-state index is 12.0. The van der Waals surface area contributed by atoms with Crippen molar-refractivity contribution in [2.24, 2.45) is 0 Å². The van der Waals surface area contributed by atoms with Crippen LogP contribution in [0.25, 0.3) is 5.65 Å². The molecule has 0 aromatic carbocycles. The van der Waals surface area contributed by atoms with Crippen molar-refractivity contribution in [2.75, 3.05) is 6.54 Å². The highest BCUT2D eigenvalue weighted by Crippen LogP contribution is 2.08. The zero-order valence-corrected chi connectivity index (χ0v) is 11.5. The molecule has 2 heterocycles. The molecular weight excluding hydrogens is 260 g/mol. The minimum atomic E-state index is -0.983. The smallest absolute Gasteiger partial charge is 0.350 e. The van der Waals surface area contributed by atoms with Gasteiger partial charge in [-0.25, -0.2) is 9.48 Å². The first-order valence-electron chi connectivity index (χ1n) is 6.50. The Labute approximate surface area is 115 Å². The zero-order valence-electron chi connectivity index (χ0n) is 11.5. The molecule has 0 saturated carbocycles. The summed E-state index contributed by atoms with van der Waals surface area (Å²) >= 11 is 0. The summed E-state index contributed by atoms with van der Waals surface area (Å²) in [5.74, 6) is -0.901. The number of pyridine rings is 1. The Morgan fingerprint density at radius 1 is 1.50 bits per heavy atom. The van der Waals surface area contributed by atoms with Crippen molar-refractivity contribution in [3.63, 3.8) is 0 Å². The third-order valence-electron chi connectivity index (χ3n) is 3.51. The monoisotopic (exact) mass is 278 g/mol. The molecule has 1 unspecified atom stereocenters. The molecule has 0 bridgehead atoms. The highest BCUT2D eigenvalue weighted by atomic mass is 16.4. The van der Waals surface area contributed by atoms with Crippen LogP contribution in [0.2, 0.25) is 0 Å². The van der Waals surface area contributed by atoms with E-state index in [-0.39, 0.29) is 5.69 Å². The molecule has 2 aromatic heterocycles. The molecule has 108 valence electrons. The summed E-state index contributed by atoms with van der Waals surface area (Å²) in [6, 6.07) is 5.32. The number of fused-ring (bicyclic) bond motifs is 1. The number of aromatic nitrogens is 3. The van der Waals surface area contributed by atoms with Gasteiger partial charge in [-0.05, 0) is 25.5 Å². The second-order valence-corrected chi connectivity index (χ2v) is 4.85. The number of carbonyl (C=O) groups is 1. The molecule has 0 aliphatic carbocycles. The van der Waals surface area contributed by atoms with Crippen LogP contribution in [-0.2, 0) is 11.3 Å². The van der Waals surface area contributed by atoms with Gasteiger partial charge in [-0.1, -0.05) is 13.0 Å². The topological polar surface area (TPSA) is 88.6 Å². The van der Waals surface area contributed by atoms with Gasteiger partial charge < -0.3 is 10.4 Å². The Kier molecular flexibility index (Phi) is 3.89. The highest BCUT2D eigenvalue weighted by molar-refractivity contribution is 5.78. The molecule has 2 rings (SSSR count). The summed E-state index contributed by atoms with van der Waals surface area (Å²) in [6.07, 6.45) is 2.12. The van der Waals surface area contributed by atoms with E-state index < -0.39 is 11.5 Å². The van der Waals surface area contributed by atoms with Gasteiger partial charge in [-0.2, -0.15) is 0 Å². The van der Waals surface area contributed by atoms with Gasteiger partial charge in [-0.15, -0.1) is 5.10 Å². The van der Waals surface area contributed by atoms with Gasteiger partial charge in [0.05, 0.1) is 6.54 Å². The molecule has 0 saturated heterocycles. The molecule has 0 aliphatic rings. The van der Waals surface area contributed by atoms with E-state index in [0.717, 1.165) is 0 Å². The summed E-state index contributed by atoms with van der Waals surface area (Å²) in [5.41, 5.74) is -0.632. The van der Waals surface area contributed by atoms with Crippen molar-refractivity contribution in [2.45, 2.75) is 32.4 Å². The zero-order chi connectivity index (χ0) is 14.8. The fourth-order valence-electron chi connectivity index (χ4n) is 1.90. The van der Waals surface area contributed by atoms with Crippen molar-refractivity contribution >= 4 is 11.6 Å². The summed E-state index contributed by atoms with van der Waals surface area (Å²) in [5, 5.41) is 16.3. The number of nitrogens with one attached hydrogen (secondary N) is 1. The Hall–Kier alpha value is -2.15. The van der Waals surface area contributed by atoms with Gasteiger partial charge in [0.1, 0.15) is 5.54 Å². The van der Waals surface area contributed by atoms with Crippen molar-refractivity contribution in [1.82, 2.24) is 19.5 Å². The number of aliphatic carboxylic acids is 1. The van der Waals surface area contributed by atoms with Crippen LogP contribution in [0.15, 0.2) is 29.2 Å². The molecule has 7 heteroatoms. The Balaban J connectivity index is 2.09. The first kappa shape index (κ1) is 14.3. The first-order valence-corrected chi connectivity index (χ1v) is 6.50. The standard InChI is InChI=1S/C13H18N4O3/c1-3-13(2,11(18)19)14-7-9-17-12(20)16-8-5-4-6-10(16)15-17/h4-6,8,14H,3,7,9H2,1-2H3,(H,18,19). The number of carboxylic acids is 1. The molecule has 7 nitrogen and oxygen atoms in total. The Morgan fingerprint density at radius 2 is 2.25 bits per heavy atom. The number of nitrogens with zero attached hydrogens (tertiary/aromatic N) is 3. The van der Waals surface area contributed by atoms with Crippen molar-refractivity contribution in [3.05, 3.63) is 34.9 Å². The predicted molar refractivity (Wildman–Crippen MR) is 73.8 cm³/mol. The Bertz CT molecular complexity index is 676. The van der Waals surface area contributed by atoms with Gasteiger partial charge in [0.25, 0.3) is 0 Å². The van der Waals surface area contributed by atoms with Gasteiger partial charge in [0, 0.05) is 12.7 Å². The van der Waals surface area contributed by atoms with Crippen LogP contribution in [0.1, 0.15) is 20.3 Å². The third-order valence-corrected chi connectivity index (χ3v) is 3.51. The maximum Gasteiger partial charge on any atom is 0.350 e. The number of hydrogen-bond acceptors (Lipinski definition) is 4. The number of rotatable bonds is 6. The molecule has 0 spiro atoms. The largest absolute Gasteiger partial charge is 0.480 e. The van der Waals surface area contributed by atoms with E-state index in [1.165, 1.54) is 9.08 Å². The minimum Gasteiger partial charge on any atom is -0.480 e. The van der Waals surface area contributed by atoms with Crippen molar-refractivity contribution in [3.8, 4) is 0 Å². The van der Waals surface area contributed by atoms with Crippen molar-refractivity contribution < 1.29 is 9.90 Å². The number of carboxylic acid groups (broad SMARTS) is 1. The lowest BCUT2D eigenvalue weighted by atomic mass is 9.99. The second kappa shape index (κ2) is 5.46. The molecule has 0 fully saturated rings. The second-order valence-electron chi connectivity index (χ2n) is 4.85. The lowest BCUT2D eigenvalue weighted by Gasteiger charge is -2.24. The molecule has 2 aromatic rings. The van der Waals surface area contributed by atoms with Crippen molar-refractivity contribution in [1.29, 1.82) is 0 Å². The van der Waals surface area contributed by atoms with Gasteiger partial charge >= 0.3 is 11.7 Å². The normalized spacial score (nSPS) is 14.3. The average Bonchev–Trinajstić information content (AvgIpc) is 2.76. The van der Waals surface area contributed by atoms with Gasteiger partial charge in [0.15, 0.2) is 5.65 Å². The summed E-state index contributed by atoms with van der Waals surface area (Å²) < 4.78 is 2.79. The lowest BCUT2D eigenvalue weighted by Crippen LogP contribution is -2.50. The summed E-state index contributed by atoms with van der Waals surface area (Å²) in [6.45, 7) is 4.11. The predicted octanol–water partition coefficient (Wildman–Crippen LogP) is 0.339. The molecular formula is C13H18N4O3. The molecule has 2 N–H and O–H groups in total. The van der Waals surface area contributed by atoms with E-state index in [1.54, 1.807) is 32.2 Å². The first-order chi connectivity index (χ1) is 9.48. The minimum absolute atomic E-state index is 0.226. The number of hydrogen-bond donors (Lipinski definition) is 2. The molecule has 1 atom stereocenters. The van der Waals surface area contributed by atoms with E-state index in [0.29, 0.717) is 25.2 Å². The fourth-order valence-corrected chi connectivity index (χ4v) is 1.90. The quantitative estimate of drug-likeness (QED) is 0.795. The molecule has 0 radical (unpaired) electrons. The van der Waals surface area contributed by atoms with Crippen LogP contribution in [0.3, 0.4) is 0 Å². The third kappa shape index (κ3) is 2.57. The summed E-state index contributed by atoms with van der Waals surface area (Å²) in [7, 11) is 0. The van der Waals surface area contributed by atoms with Gasteiger partial charge in [0.2, 0.25) is 0 Å².